The highest BCUT2D eigenvalue weighted by molar-refractivity contribution is 8.01. The molecule has 3 aromatic rings. The number of carbonyl (C=O) groups excluding carboxylic acids is 2. The molecule has 0 unspecified atom stereocenters. The molecule has 144 valence electrons. The van der Waals surface area contributed by atoms with Gasteiger partial charge in [0.2, 0.25) is 11.0 Å². The van der Waals surface area contributed by atoms with Gasteiger partial charge in [-0.3, -0.25) is 9.59 Å². The summed E-state index contributed by atoms with van der Waals surface area (Å²) < 4.78 is 0.708. The largest absolute Gasteiger partial charge is 0.330 e. The number of nitrogens with one attached hydrogen (secondary N) is 2. The van der Waals surface area contributed by atoms with E-state index in [0.29, 0.717) is 20.7 Å². The maximum absolute atomic E-state index is 12.2. The van der Waals surface area contributed by atoms with Crippen molar-refractivity contribution >= 4 is 51.3 Å². The second-order valence-electron chi connectivity index (χ2n) is 6.29. The van der Waals surface area contributed by atoms with Crippen LogP contribution in [0.3, 0.4) is 0 Å². The van der Waals surface area contributed by atoms with Gasteiger partial charge in [-0.2, -0.15) is 0 Å². The Morgan fingerprint density at radius 3 is 2.68 bits per heavy atom. The number of aromatic nitrogens is 2. The summed E-state index contributed by atoms with van der Waals surface area (Å²) in [5, 5.41) is 15.0. The molecule has 0 radical (unpaired) electrons. The van der Waals surface area contributed by atoms with E-state index in [2.05, 4.69) is 33.8 Å². The highest BCUT2D eigenvalue weighted by Gasteiger charge is 2.10. The molecule has 28 heavy (non-hydrogen) atoms. The van der Waals surface area contributed by atoms with Crippen LogP contribution in [0.4, 0.5) is 16.5 Å². The first kappa shape index (κ1) is 20.0. The molecule has 8 heteroatoms. The molecular formula is C20H20N4O2S2. The molecule has 0 saturated carbocycles. The number of ketones is 1. The van der Waals surface area contributed by atoms with Crippen molar-refractivity contribution in [2.24, 2.45) is 0 Å². The molecule has 0 aliphatic carbocycles. The number of benzene rings is 2. The lowest BCUT2D eigenvalue weighted by molar-refractivity contribution is -0.113. The van der Waals surface area contributed by atoms with Crippen molar-refractivity contribution < 1.29 is 9.59 Å². The van der Waals surface area contributed by atoms with Crippen molar-refractivity contribution in [3.05, 3.63) is 59.2 Å². The fourth-order valence-electron chi connectivity index (χ4n) is 2.53. The molecule has 1 heterocycles. The van der Waals surface area contributed by atoms with Crippen molar-refractivity contribution in [1.29, 1.82) is 0 Å². The quantitative estimate of drug-likeness (QED) is 0.427. The second-order valence-corrected chi connectivity index (χ2v) is 8.49. The smallest absolute Gasteiger partial charge is 0.234 e. The highest BCUT2D eigenvalue weighted by Crippen LogP contribution is 2.29. The van der Waals surface area contributed by atoms with Gasteiger partial charge in [0.15, 0.2) is 10.1 Å². The van der Waals surface area contributed by atoms with E-state index < -0.39 is 0 Å². The Labute approximate surface area is 171 Å². The first-order valence-electron chi connectivity index (χ1n) is 8.62. The van der Waals surface area contributed by atoms with E-state index in [1.54, 1.807) is 24.3 Å². The third-order valence-corrected chi connectivity index (χ3v) is 5.88. The second kappa shape index (κ2) is 8.99. The number of nitrogens with zero attached hydrogens (tertiary/aromatic N) is 2. The van der Waals surface area contributed by atoms with Gasteiger partial charge >= 0.3 is 0 Å². The van der Waals surface area contributed by atoms with Gasteiger partial charge in [0.1, 0.15) is 0 Å². The average Bonchev–Trinajstić information content (AvgIpc) is 3.10. The van der Waals surface area contributed by atoms with Crippen molar-refractivity contribution in [3.63, 3.8) is 0 Å². The molecule has 1 aromatic heterocycles. The summed E-state index contributed by atoms with van der Waals surface area (Å²) in [5.74, 6) is 0.00985. The minimum Gasteiger partial charge on any atom is -0.330 e. The van der Waals surface area contributed by atoms with Gasteiger partial charge in [-0.25, -0.2) is 0 Å². The van der Waals surface area contributed by atoms with Crippen LogP contribution in [0.2, 0.25) is 0 Å². The molecule has 0 aliphatic heterocycles. The summed E-state index contributed by atoms with van der Waals surface area (Å²) in [4.78, 5) is 23.6. The lowest BCUT2D eigenvalue weighted by Crippen LogP contribution is -2.14. The summed E-state index contributed by atoms with van der Waals surface area (Å²) in [5.41, 5.74) is 4.50. The van der Waals surface area contributed by atoms with Gasteiger partial charge in [-0.05, 0) is 44.5 Å². The number of rotatable bonds is 7. The molecule has 0 aliphatic rings. The zero-order valence-electron chi connectivity index (χ0n) is 15.8. The zero-order valence-corrected chi connectivity index (χ0v) is 17.4. The van der Waals surface area contributed by atoms with Gasteiger partial charge in [0.25, 0.3) is 0 Å². The van der Waals surface area contributed by atoms with E-state index in [9.17, 15) is 9.59 Å². The Morgan fingerprint density at radius 1 is 1.11 bits per heavy atom. The molecule has 2 N–H and O–H groups in total. The topological polar surface area (TPSA) is 84.0 Å². The van der Waals surface area contributed by atoms with Crippen LogP contribution in [-0.4, -0.2) is 27.6 Å². The highest BCUT2D eigenvalue weighted by atomic mass is 32.2. The number of thioether (sulfide) groups is 1. The van der Waals surface area contributed by atoms with Gasteiger partial charge in [-0.15, -0.1) is 10.2 Å². The minimum atomic E-state index is -0.162. The van der Waals surface area contributed by atoms with Crippen molar-refractivity contribution in [2.45, 2.75) is 25.1 Å². The van der Waals surface area contributed by atoms with Gasteiger partial charge in [-0.1, -0.05) is 52.9 Å². The number of hydrogen-bond acceptors (Lipinski definition) is 7. The van der Waals surface area contributed by atoms with Gasteiger partial charge < -0.3 is 10.6 Å². The third kappa shape index (κ3) is 5.40. The van der Waals surface area contributed by atoms with Crippen molar-refractivity contribution in [3.8, 4) is 0 Å². The molecule has 0 saturated heterocycles. The van der Waals surface area contributed by atoms with E-state index in [1.807, 2.05) is 19.1 Å². The lowest BCUT2D eigenvalue weighted by Gasteiger charge is -2.06. The number of amides is 1. The summed E-state index contributed by atoms with van der Waals surface area (Å²) in [6.45, 7) is 5.59. The van der Waals surface area contributed by atoms with E-state index in [1.165, 1.54) is 35.6 Å². The molecule has 0 atom stereocenters. The molecule has 0 fully saturated rings. The number of anilines is 3. The van der Waals surface area contributed by atoms with E-state index in [0.717, 1.165) is 11.3 Å². The van der Waals surface area contributed by atoms with Crippen LogP contribution in [0.5, 0.6) is 0 Å². The van der Waals surface area contributed by atoms with E-state index >= 15 is 0 Å². The van der Waals surface area contributed by atoms with Crippen LogP contribution in [-0.2, 0) is 4.79 Å². The van der Waals surface area contributed by atoms with Gasteiger partial charge in [0.05, 0.1) is 5.75 Å². The Bertz CT molecular complexity index is 1020. The molecule has 0 bridgehead atoms. The molecule has 1 amide bonds. The monoisotopic (exact) mass is 412 g/mol. The van der Waals surface area contributed by atoms with E-state index in [4.69, 9.17) is 0 Å². The first-order chi connectivity index (χ1) is 13.4. The van der Waals surface area contributed by atoms with E-state index in [-0.39, 0.29) is 17.4 Å². The number of hydrogen-bond donors (Lipinski definition) is 2. The van der Waals surface area contributed by atoms with Crippen LogP contribution >= 0.6 is 23.1 Å². The Hall–Kier alpha value is -2.71. The summed E-state index contributed by atoms with van der Waals surface area (Å²) in [7, 11) is 0. The normalized spacial score (nSPS) is 10.5. The Kier molecular flexibility index (Phi) is 6.43. The molecular weight excluding hydrogens is 392 g/mol. The fourth-order valence-corrected chi connectivity index (χ4v) is 4.09. The lowest BCUT2D eigenvalue weighted by atomic mass is 10.1. The molecule has 6 nitrogen and oxygen atoms in total. The zero-order chi connectivity index (χ0) is 20.1. The average molecular weight is 413 g/mol. The maximum Gasteiger partial charge on any atom is 0.234 e. The van der Waals surface area contributed by atoms with Gasteiger partial charge in [0, 0.05) is 16.9 Å². The summed E-state index contributed by atoms with van der Waals surface area (Å²) >= 11 is 2.72. The van der Waals surface area contributed by atoms with Crippen molar-refractivity contribution in [2.75, 3.05) is 16.4 Å². The van der Waals surface area contributed by atoms with Crippen LogP contribution in [0, 0.1) is 13.8 Å². The van der Waals surface area contributed by atoms with Crippen molar-refractivity contribution in [1.82, 2.24) is 10.2 Å². The predicted molar refractivity (Wildman–Crippen MR) is 115 cm³/mol. The van der Waals surface area contributed by atoms with Crippen LogP contribution < -0.4 is 10.6 Å². The number of Topliss-reactive ketones (excluding diaryl/α,β-unsaturated/α-hetero) is 1. The SMILES string of the molecule is CC(=O)c1cccc(NC(=O)CSc2nnc(Nc3ccc(C)cc3C)s2)c1. The number of aryl methyl sites for hydroxylation is 2. The minimum absolute atomic E-state index is 0.0387. The Morgan fingerprint density at radius 2 is 1.93 bits per heavy atom. The number of carbonyl (C=O) groups is 2. The molecule has 3 rings (SSSR count). The first-order valence-corrected chi connectivity index (χ1v) is 10.4. The standard InChI is InChI=1S/C20H20N4O2S2/c1-12-7-8-17(13(2)9-12)22-19-23-24-20(28-19)27-11-18(26)21-16-6-4-5-15(10-16)14(3)25/h4-10H,11H2,1-3H3,(H,21,26)(H,22,23). The predicted octanol–water partition coefficient (Wildman–Crippen LogP) is 4.83. The van der Waals surface area contributed by atoms with Crippen LogP contribution in [0.15, 0.2) is 46.8 Å². The van der Waals surface area contributed by atoms with Crippen LogP contribution in [0.1, 0.15) is 28.4 Å². The summed E-state index contributed by atoms with van der Waals surface area (Å²) in [6, 6.07) is 13.0. The maximum atomic E-state index is 12.2. The Balaban J connectivity index is 1.54. The fraction of sp³-hybridized carbons (Fsp3) is 0.200. The van der Waals surface area contributed by atoms with Crippen LogP contribution in [0.25, 0.3) is 0 Å². The molecule has 2 aromatic carbocycles. The third-order valence-electron chi connectivity index (χ3n) is 3.91. The summed E-state index contributed by atoms with van der Waals surface area (Å²) in [6.07, 6.45) is 0. The molecule has 0 spiro atoms.